The topological polar surface area (TPSA) is 210 Å². The van der Waals surface area contributed by atoms with Crippen LogP contribution < -0.4 is 47.4 Å². The Kier molecular flexibility index (Phi) is 13.2. The summed E-state index contributed by atoms with van der Waals surface area (Å²) >= 11 is 0. The fourth-order valence-electron chi connectivity index (χ4n) is 15.3. The number of hydrogen-bond donors (Lipinski definition) is 5. The number of ether oxygens (including phenoxy) is 10. The van der Waals surface area contributed by atoms with Gasteiger partial charge in [0.05, 0.1) is 127 Å². The van der Waals surface area contributed by atoms with Gasteiger partial charge in [0, 0.05) is 160 Å². The Hall–Kier alpha value is -6.30. The molecule has 20 heteroatoms. The number of hydrogen-bond acceptors (Lipinski definition) is 20. The summed E-state index contributed by atoms with van der Waals surface area (Å²) in [5, 5.41) is 56.8. The van der Waals surface area contributed by atoms with Crippen molar-refractivity contribution in [3.8, 4) is 57.5 Å². The Morgan fingerprint density at radius 2 is 0.513 bits per heavy atom. The maximum absolute atomic E-state index is 11.4. The van der Waals surface area contributed by atoms with Crippen molar-refractivity contribution >= 4 is 0 Å². The van der Waals surface area contributed by atoms with Crippen molar-refractivity contribution in [1.82, 2.24) is 24.5 Å². The molecule has 0 aromatic heterocycles. The molecule has 0 aliphatic carbocycles. The van der Waals surface area contributed by atoms with Crippen LogP contribution in [0.25, 0.3) is 0 Å². The highest BCUT2D eigenvalue weighted by atomic mass is 16.5. The second-order valence-corrected chi connectivity index (χ2v) is 30.6. The number of rotatable bonds is 16. The van der Waals surface area contributed by atoms with Gasteiger partial charge in [-0.3, -0.25) is 24.5 Å². The van der Waals surface area contributed by atoms with Crippen LogP contribution in [-0.2, 0) is 32.1 Å². The summed E-state index contributed by atoms with van der Waals surface area (Å²) in [4.78, 5) is 5.42. The van der Waals surface area contributed by atoms with Crippen molar-refractivity contribution in [1.29, 1.82) is 0 Å². The van der Waals surface area contributed by atoms with Crippen molar-refractivity contribution in [2.45, 2.75) is 253 Å². The fourth-order valence-corrected chi connectivity index (χ4v) is 15.3. The van der Waals surface area contributed by atoms with Gasteiger partial charge in [0.25, 0.3) is 0 Å². The van der Waals surface area contributed by atoms with Gasteiger partial charge < -0.3 is 72.9 Å². The molecule has 5 fully saturated rings. The van der Waals surface area contributed by atoms with Crippen molar-refractivity contribution in [2.75, 3.05) is 136 Å². The van der Waals surface area contributed by atoms with Crippen LogP contribution in [-0.4, -0.2) is 217 Å². The number of piperidine rings is 5. The zero-order valence-corrected chi connectivity index (χ0v) is 68.7. The van der Waals surface area contributed by atoms with Gasteiger partial charge in [-0.05, 0) is 269 Å². The molecule has 15 unspecified atom stereocenters. The molecule has 5 aromatic rings. The first-order valence-electron chi connectivity index (χ1n) is 71.1. The van der Waals surface area contributed by atoms with Crippen LogP contribution >= 0.6 is 0 Å². The summed E-state index contributed by atoms with van der Waals surface area (Å²) in [5.74, 6) is -15.7. The molecule has 10 heterocycles. The van der Waals surface area contributed by atoms with Crippen molar-refractivity contribution in [2.24, 2.45) is 57.0 Å². The SMILES string of the molecule is [2H]C([2H])([2H])C(C)(C([2H])([2H])[2H])C([2H])([2H])C1([2H])CN2CCc3cc(OC)c(OC)cc3C2([2H])C([2H])([2H])C1([2H])O.[2H]C([2H])([2H])C(C)(C([2H])([2H])[2H])C([2H])([2H])C1([2H])CN2CCc3cc(OC)c(OC)cc3C2([2H])C([2H])([2H])C1([2H])O.[2H]C([2H])([2H])Oc1cc2c(cc1OC)CCN1CC([2H])(C([2H])([2H])C(C)(C([2H])([2H])[2H])C([2H])([2H])[2H])C([2H])(O)C([2H])([2H])C21[2H].[2H]C([2H])([2H])Oc1cc2c(cc1OC)CCN1CC([2H])(C([2H])([2H])C(C)(C([2H])([2H])[2H])C([2H])([2H])[2H])C([2H])(O)C([2H])([2H])C21[2H].[2H]C([2H])([2H])Oc1cc2c(cc1OC)CCN1CC([2H])(CC(C)C)C([2H])(O)C([2H])([2H])C21[2H]. The second kappa shape index (κ2) is 39.7. The summed E-state index contributed by atoms with van der Waals surface area (Å²) in [7, 11) is 0.489. The van der Waals surface area contributed by atoms with E-state index in [9.17, 15) is 32.4 Å². The lowest BCUT2D eigenvalue weighted by molar-refractivity contribution is -0.0259. The summed E-state index contributed by atoms with van der Waals surface area (Å²) in [6, 6.07) is 0.279. The first kappa shape index (κ1) is 39.5. The van der Waals surface area contributed by atoms with Gasteiger partial charge >= 0.3 is 0 Å². The third kappa shape index (κ3) is 22.8. The van der Waals surface area contributed by atoms with Gasteiger partial charge in [-0.15, -0.1) is 0 Å². The van der Waals surface area contributed by atoms with E-state index in [1.807, 2.05) is 13.8 Å². The lowest BCUT2D eigenvalue weighted by Crippen LogP contribution is -2.48. The molecule has 0 spiro atoms. The molecule has 0 amide bonds. The van der Waals surface area contributed by atoms with Crippen LogP contribution in [0.4, 0.5) is 0 Å². The molecule has 15 atom stereocenters. The van der Waals surface area contributed by atoms with E-state index in [4.69, 9.17) is 131 Å². The lowest BCUT2D eigenvalue weighted by Gasteiger charge is -2.47. The molecule has 119 heavy (non-hydrogen) atoms. The Morgan fingerprint density at radius 1 is 0.328 bits per heavy atom. The van der Waals surface area contributed by atoms with Gasteiger partial charge in [-0.2, -0.15) is 0 Å². The van der Waals surface area contributed by atoms with E-state index in [2.05, 4.69) is 0 Å². The van der Waals surface area contributed by atoms with E-state index in [0.717, 1.165) is 31.7 Å². The van der Waals surface area contributed by atoms with Crippen LogP contribution in [0.1, 0.15) is 336 Å². The van der Waals surface area contributed by atoms with Crippen LogP contribution in [0.15, 0.2) is 60.7 Å². The molecule has 5 aromatic carbocycles. The van der Waals surface area contributed by atoms with Crippen LogP contribution in [0.3, 0.4) is 0 Å². The third-order valence-corrected chi connectivity index (χ3v) is 20.5. The van der Waals surface area contributed by atoms with E-state index in [1.54, 1.807) is 0 Å². The van der Waals surface area contributed by atoms with Crippen LogP contribution in [0.2, 0.25) is 0 Å². The summed E-state index contributed by atoms with van der Waals surface area (Å²) in [6.07, 6.45) is -49.2. The van der Waals surface area contributed by atoms with Crippen molar-refractivity contribution in [3.63, 3.8) is 0 Å². The number of fused-ring (bicyclic) bond motifs is 15. The zero-order chi connectivity index (χ0) is 144. The third-order valence-electron chi connectivity index (χ3n) is 20.5. The molecule has 664 valence electrons. The first-order valence-corrected chi connectivity index (χ1v) is 38.1. The van der Waals surface area contributed by atoms with Gasteiger partial charge in [0.15, 0.2) is 57.5 Å². The predicted octanol–water partition coefficient (Wildman–Crippen LogP) is 16.7. The minimum atomic E-state index is -3.92. The Bertz CT molecular complexity index is 6850. The standard InChI is InChI=1S/4C20H31NO3.C19H29NO3/c4*1-20(2,3)11-14-12-21-7-6-13-8-18(23-4)19(24-5)9-15(13)16(21)10-17(14)22;1-12(2)7-14-11-20-6-5-13-8-18(22-3)19(23-4)9-15(13)16(20)10-17(14)21/h4*8-9,14,16-17,22H,6-7,10-12H2,1-5H3;8-9,12,14,16-17,21H,5-7,10-11H2,1-4H3/i2*1D3,2D3,5D3,10D2,11D2,14D,16D,17D;2*1D3,2D3,10D2,11D2,14D,16D,17D;4D3,10D2,14D,16D,17D. The first-order chi connectivity index (χ1) is 82.0. The number of benzene rings is 5. The average Bonchev–Trinajstić information content (AvgIpc) is 0.659. The van der Waals surface area contributed by atoms with Gasteiger partial charge in [-0.1, -0.05) is 96.4 Å². The molecule has 5 saturated heterocycles. The molecule has 0 bridgehead atoms. The number of aliphatic hydroxyl groups is 5. The average molecular weight is 1720 g/mol. The monoisotopic (exact) mass is 1720 g/mol. The van der Waals surface area contributed by atoms with E-state index in [-0.39, 0.29) is 151 Å². The highest BCUT2D eigenvalue weighted by Gasteiger charge is 2.46. The van der Waals surface area contributed by atoms with E-state index < -0.39 is 283 Å². The molecule has 20 nitrogen and oxygen atoms in total. The molecule has 10 aliphatic rings. The maximum Gasteiger partial charge on any atom is 0.161 e. The fraction of sp³-hybridized carbons (Fsp3) is 0.697. The van der Waals surface area contributed by atoms with E-state index in [0.29, 0.717) is 62.3 Å². The van der Waals surface area contributed by atoms with E-state index in [1.165, 1.54) is 103 Å². The van der Waals surface area contributed by atoms with Crippen LogP contribution in [0.5, 0.6) is 57.5 Å². The predicted molar refractivity (Wildman–Crippen MR) is 474 cm³/mol. The highest BCUT2D eigenvalue weighted by Crippen LogP contribution is 2.52. The second-order valence-electron chi connectivity index (χ2n) is 30.6. The number of methoxy groups -OCH3 is 10. The lowest BCUT2D eigenvalue weighted by atomic mass is 9.75. The molecule has 0 radical (unpaired) electrons. The minimum absolute atomic E-state index is 0.0101. The summed E-state index contributed by atoms with van der Waals surface area (Å²) < 4.78 is 600. The maximum atomic E-state index is 11.4. The molecule has 5 N–H and O–H groups in total. The smallest absolute Gasteiger partial charge is 0.161 e. The van der Waals surface area contributed by atoms with Crippen molar-refractivity contribution in [3.05, 3.63) is 116 Å². The largest absolute Gasteiger partial charge is 0.493 e. The van der Waals surface area contributed by atoms with Crippen LogP contribution in [0, 0.1) is 57.0 Å². The van der Waals surface area contributed by atoms with Gasteiger partial charge in [-0.25, -0.2) is 0 Å². The Balaban J connectivity index is 0.000000215. The minimum Gasteiger partial charge on any atom is -0.493 e. The van der Waals surface area contributed by atoms with E-state index >= 15 is 0 Å². The molecule has 10 aliphatic heterocycles. The normalized spacial score (nSPS) is 48.6. The quantitative estimate of drug-likeness (QED) is 0.0622. The summed E-state index contributed by atoms with van der Waals surface area (Å²) in [5.41, 5.74) is -11.8. The van der Waals surface area contributed by atoms with Crippen molar-refractivity contribution < 1.29 is 163 Å². The zero-order valence-electron chi connectivity index (χ0n) is 135. The number of nitrogens with zero attached hydrogens (tertiary/aromatic N) is 5. The Morgan fingerprint density at radius 3 is 0.697 bits per heavy atom. The highest BCUT2D eigenvalue weighted by molar-refractivity contribution is 5.54. The Labute approximate surface area is 807 Å². The molecule has 15 rings (SSSR count). The molecule has 0 saturated carbocycles. The molecular weight excluding hydrogens is 1500 g/mol. The van der Waals surface area contributed by atoms with Gasteiger partial charge in [0.2, 0.25) is 0 Å². The molecular formula is C99H153N5O15. The van der Waals surface area contributed by atoms with Gasteiger partial charge in [0.1, 0.15) is 0 Å². The summed E-state index contributed by atoms with van der Waals surface area (Å²) in [6.45, 7) is -27.5.